The van der Waals surface area contributed by atoms with Crippen molar-refractivity contribution in [3.63, 3.8) is 0 Å². The molecular weight excluding hydrogens is 332 g/mol. The standard InChI is InChI=1S/C21H32O5/c1-18(2,23)13-12-21-10-7-15-19(3,16(21)11-14(13)25-26-21)8-6-9-20(15,4)17(22)24-5/h12,14-16,23H,6-11H2,1-5H3/t14-,15?,16+,19-,20-,21-/m0/s1. The summed E-state index contributed by atoms with van der Waals surface area (Å²) in [5.74, 6) is 0.506. The molecule has 0 radical (unpaired) electrons. The molecule has 5 aliphatic rings. The van der Waals surface area contributed by atoms with Crippen LogP contribution in [0.15, 0.2) is 11.6 Å². The van der Waals surface area contributed by atoms with Crippen LogP contribution in [0.1, 0.15) is 66.2 Å². The number of ether oxygens (including phenoxy) is 1. The summed E-state index contributed by atoms with van der Waals surface area (Å²) < 4.78 is 5.20. The Kier molecular flexibility index (Phi) is 3.94. The molecule has 3 aliphatic carbocycles. The fourth-order valence-corrected chi connectivity index (χ4v) is 6.83. The first-order valence-corrected chi connectivity index (χ1v) is 9.95. The van der Waals surface area contributed by atoms with Gasteiger partial charge in [0.1, 0.15) is 11.7 Å². The van der Waals surface area contributed by atoms with E-state index in [1.54, 1.807) is 0 Å². The first-order valence-electron chi connectivity index (χ1n) is 9.95. The summed E-state index contributed by atoms with van der Waals surface area (Å²) in [6, 6.07) is 0. The van der Waals surface area contributed by atoms with Crippen LogP contribution < -0.4 is 0 Å². The molecule has 5 nitrogen and oxygen atoms in total. The monoisotopic (exact) mass is 364 g/mol. The fraction of sp³-hybridized carbons (Fsp3) is 0.857. The van der Waals surface area contributed by atoms with Crippen molar-refractivity contribution >= 4 is 5.97 Å². The lowest BCUT2D eigenvalue weighted by Crippen LogP contribution is -2.65. The van der Waals surface area contributed by atoms with Gasteiger partial charge >= 0.3 is 5.97 Å². The minimum atomic E-state index is -0.905. The molecule has 0 aromatic heterocycles. The van der Waals surface area contributed by atoms with Gasteiger partial charge in [0.25, 0.3) is 0 Å². The fourth-order valence-electron chi connectivity index (χ4n) is 6.83. The lowest BCUT2D eigenvalue weighted by molar-refractivity contribution is -0.435. The normalized spacial score (nSPS) is 47.6. The number of carbonyl (C=O) groups is 1. The molecule has 1 saturated heterocycles. The molecule has 0 aromatic carbocycles. The Hall–Kier alpha value is -0.910. The maximum Gasteiger partial charge on any atom is 0.311 e. The van der Waals surface area contributed by atoms with E-state index in [1.807, 2.05) is 13.8 Å². The minimum Gasteiger partial charge on any atom is -0.469 e. The van der Waals surface area contributed by atoms with Crippen LogP contribution in [0, 0.1) is 22.7 Å². The van der Waals surface area contributed by atoms with Crippen molar-refractivity contribution in [2.75, 3.05) is 7.11 Å². The molecule has 26 heavy (non-hydrogen) atoms. The number of aliphatic hydroxyl groups is 1. The number of hydrogen-bond acceptors (Lipinski definition) is 5. The third-order valence-electron chi connectivity index (χ3n) is 8.06. The van der Waals surface area contributed by atoms with E-state index in [0.717, 1.165) is 44.1 Å². The molecule has 5 heteroatoms. The van der Waals surface area contributed by atoms with Gasteiger partial charge in [0.2, 0.25) is 0 Å². The summed E-state index contributed by atoms with van der Waals surface area (Å²) in [5.41, 5.74) is -0.873. The van der Waals surface area contributed by atoms with Crippen LogP contribution in [0.25, 0.3) is 0 Å². The number of methoxy groups -OCH3 is 1. The molecule has 2 heterocycles. The van der Waals surface area contributed by atoms with Crippen molar-refractivity contribution in [1.82, 2.24) is 0 Å². The van der Waals surface area contributed by atoms with Gasteiger partial charge in [-0.15, -0.1) is 0 Å². The number of rotatable bonds is 2. The van der Waals surface area contributed by atoms with Crippen molar-refractivity contribution < 1.29 is 24.4 Å². The van der Waals surface area contributed by atoms with E-state index < -0.39 is 16.6 Å². The second-order valence-electron chi connectivity index (χ2n) is 9.93. The summed E-state index contributed by atoms with van der Waals surface area (Å²) in [4.78, 5) is 24.3. The zero-order valence-corrected chi connectivity index (χ0v) is 16.6. The molecule has 5 rings (SSSR count). The van der Waals surface area contributed by atoms with Gasteiger partial charge in [-0.25, -0.2) is 9.78 Å². The predicted octanol–water partition coefficient (Wildman–Crippen LogP) is 3.55. The van der Waals surface area contributed by atoms with Crippen molar-refractivity contribution in [2.45, 2.75) is 83.5 Å². The summed E-state index contributed by atoms with van der Waals surface area (Å²) >= 11 is 0. The zero-order chi connectivity index (χ0) is 19.0. The molecule has 2 bridgehead atoms. The summed E-state index contributed by atoms with van der Waals surface area (Å²) in [7, 11) is 1.50. The Morgan fingerprint density at radius 1 is 1.27 bits per heavy atom. The van der Waals surface area contributed by atoms with Gasteiger partial charge in [0.15, 0.2) is 0 Å². The highest BCUT2D eigenvalue weighted by Crippen LogP contribution is 2.67. The van der Waals surface area contributed by atoms with Gasteiger partial charge in [-0.3, -0.25) is 4.79 Å². The van der Waals surface area contributed by atoms with Crippen LogP contribution in [0.2, 0.25) is 0 Å². The van der Waals surface area contributed by atoms with Gasteiger partial charge in [-0.1, -0.05) is 13.3 Å². The predicted molar refractivity (Wildman–Crippen MR) is 96.0 cm³/mol. The van der Waals surface area contributed by atoms with Crippen LogP contribution >= 0.6 is 0 Å². The largest absolute Gasteiger partial charge is 0.469 e. The van der Waals surface area contributed by atoms with Crippen LogP contribution in [0.5, 0.6) is 0 Å². The summed E-state index contributed by atoms with van der Waals surface area (Å²) in [6.45, 7) is 8.06. The minimum absolute atomic E-state index is 0.00307. The molecule has 1 N–H and O–H groups in total. The molecule has 0 aromatic rings. The second-order valence-corrected chi connectivity index (χ2v) is 9.93. The van der Waals surface area contributed by atoms with Gasteiger partial charge < -0.3 is 9.84 Å². The second kappa shape index (κ2) is 5.55. The van der Waals surface area contributed by atoms with E-state index >= 15 is 0 Å². The maximum absolute atomic E-state index is 12.7. The average Bonchev–Trinajstić information content (AvgIpc) is 2.59. The molecule has 2 saturated carbocycles. The SMILES string of the molecule is COC(=O)[C@@]1(C)CCC[C@@]2(C)C1CC[C@]13C=C(C(C)(C)O)[C@H](C[C@@H]12)OO3. The van der Waals surface area contributed by atoms with Crippen molar-refractivity contribution in [1.29, 1.82) is 0 Å². The number of hydrogen-bond donors (Lipinski definition) is 1. The first kappa shape index (κ1) is 18.5. The smallest absolute Gasteiger partial charge is 0.311 e. The Morgan fingerprint density at radius 3 is 2.65 bits per heavy atom. The van der Waals surface area contributed by atoms with Crippen molar-refractivity contribution in [2.24, 2.45) is 22.7 Å². The number of esters is 1. The Bertz CT molecular complexity index is 649. The highest BCUT2D eigenvalue weighted by atomic mass is 17.2. The van der Waals surface area contributed by atoms with Crippen LogP contribution in [0.4, 0.5) is 0 Å². The van der Waals surface area contributed by atoms with E-state index in [9.17, 15) is 9.90 Å². The lowest BCUT2D eigenvalue weighted by Gasteiger charge is -2.65. The first-order chi connectivity index (χ1) is 12.1. The molecule has 146 valence electrons. The maximum atomic E-state index is 12.7. The van der Waals surface area contributed by atoms with E-state index in [1.165, 1.54) is 7.11 Å². The van der Waals surface area contributed by atoms with Gasteiger partial charge in [0, 0.05) is 5.92 Å². The topological polar surface area (TPSA) is 65.0 Å². The third-order valence-corrected chi connectivity index (χ3v) is 8.06. The molecule has 2 aliphatic heterocycles. The molecule has 0 amide bonds. The average molecular weight is 364 g/mol. The zero-order valence-electron chi connectivity index (χ0n) is 16.6. The summed E-state index contributed by atoms with van der Waals surface area (Å²) in [5, 5.41) is 10.6. The quantitative estimate of drug-likeness (QED) is 0.461. The van der Waals surface area contributed by atoms with Gasteiger partial charge in [-0.05, 0) is 75.9 Å². The Morgan fingerprint density at radius 2 is 2.00 bits per heavy atom. The highest BCUT2D eigenvalue weighted by molar-refractivity contribution is 5.77. The molecule has 1 unspecified atom stereocenters. The van der Waals surface area contributed by atoms with Crippen molar-refractivity contribution in [3.8, 4) is 0 Å². The molecule has 3 fully saturated rings. The molecule has 6 atom stereocenters. The highest BCUT2D eigenvalue weighted by Gasteiger charge is 2.67. The van der Waals surface area contributed by atoms with Crippen molar-refractivity contribution in [3.05, 3.63) is 11.6 Å². The third kappa shape index (κ3) is 2.29. The van der Waals surface area contributed by atoms with E-state index in [2.05, 4.69) is 19.9 Å². The van der Waals surface area contributed by atoms with Crippen LogP contribution in [-0.2, 0) is 19.3 Å². The van der Waals surface area contributed by atoms with Gasteiger partial charge in [-0.2, -0.15) is 0 Å². The Balaban J connectivity index is 1.75. The van der Waals surface area contributed by atoms with E-state index in [0.29, 0.717) is 5.92 Å². The molecule has 1 spiro atoms. The van der Waals surface area contributed by atoms with E-state index in [4.69, 9.17) is 14.5 Å². The van der Waals surface area contributed by atoms with E-state index in [-0.39, 0.29) is 23.4 Å². The van der Waals surface area contributed by atoms with Crippen LogP contribution in [0.3, 0.4) is 0 Å². The lowest BCUT2D eigenvalue weighted by atomic mass is 9.43. The van der Waals surface area contributed by atoms with Crippen LogP contribution in [-0.4, -0.2) is 35.5 Å². The van der Waals surface area contributed by atoms with Gasteiger partial charge in [0.05, 0.1) is 18.1 Å². The number of fused-ring (bicyclic) bond motifs is 2. The molecular formula is C21H32O5. The summed E-state index contributed by atoms with van der Waals surface area (Å²) in [6.07, 6.45) is 7.53. The number of carbonyl (C=O) groups excluding carboxylic acids is 1. The Labute approximate surface area is 156 Å².